The molecule has 0 aliphatic heterocycles. The highest BCUT2D eigenvalue weighted by Gasteiger charge is 2.11. The Morgan fingerprint density at radius 3 is 2.16 bits per heavy atom. The molecule has 6 heteroatoms. The maximum atomic E-state index is 6.12. The first-order valence-corrected chi connectivity index (χ1v) is 9.99. The zero-order chi connectivity index (χ0) is 21.2. The summed E-state index contributed by atoms with van der Waals surface area (Å²) < 4.78 is 22.3. The maximum absolute atomic E-state index is 6.12. The van der Waals surface area contributed by atoms with E-state index < -0.39 is 0 Å². The van der Waals surface area contributed by atoms with Gasteiger partial charge in [0.1, 0.15) is 6.61 Å². The van der Waals surface area contributed by atoms with Gasteiger partial charge in [-0.1, -0.05) is 48.5 Å². The monoisotopic (exact) mass is 443 g/mol. The van der Waals surface area contributed by atoms with Gasteiger partial charge in [-0.05, 0) is 42.3 Å². The van der Waals surface area contributed by atoms with Crippen molar-refractivity contribution in [1.82, 2.24) is 5.32 Å². The molecule has 0 aliphatic rings. The molecule has 0 aliphatic carbocycles. The van der Waals surface area contributed by atoms with Gasteiger partial charge >= 0.3 is 0 Å². The number of benzene rings is 3. The second-order valence-corrected chi connectivity index (χ2v) is 6.84. The molecule has 31 heavy (non-hydrogen) atoms. The van der Waals surface area contributed by atoms with Gasteiger partial charge in [0, 0.05) is 12.1 Å². The molecule has 1 N–H and O–H groups in total. The molecule has 0 fully saturated rings. The highest BCUT2D eigenvalue weighted by atomic mass is 35.5. The fourth-order valence-electron chi connectivity index (χ4n) is 3.25. The summed E-state index contributed by atoms with van der Waals surface area (Å²) in [5.41, 5.74) is 3.37. The minimum atomic E-state index is 0. The molecule has 0 radical (unpaired) electrons. The van der Waals surface area contributed by atoms with Crippen molar-refractivity contribution >= 4 is 12.4 Å². The van der Waals surface area contributed by atoms with Gasteiger partial charge in [0.15, 0.2) is 23.0 Å². The van der Waals surface area contributed by atoms with Crippen molar-refractivity contribution in [3.8, 4) is 23.0 Å². The SMILES string of the molecule is COc1ccc(CCNCc2cccc(OC)c2OCc2ccccc2)cc1OC.Cl. The summed E-state index contributed by atoms with van der Waals surface area (Å²) in [4.78, 5) is 0. The number of halogens is 1. The Hall–Kier alpha value is -2.89. The van der Waals surface area contributed by atoms with Gasteiger partial charge in [0.25, 0.3) is 0 Å². The number of hydrogen-bond acceptors (Lipinski definition) is 5. The van der Waals surface area contributed by atoms with E-state index in [0.29, 0.717) is 13.2 Å². The lowest BCUT2D eigenvalue weighted by Crippen LogP contribution is -2.17. The molecule has 0 saturated carbocycles. The summed E-state index contributed by atoms with van der Waals surface area (Å²) in [6.45, 7) is 2.01. The predicted molar refractivity (Wildman–Crippen MR) is 126 cm³/mol. The minimum absolute atomic E-state index is 0. The average Bonchev–Trinajstić information content (AvgIpc) is 2.81. The molecular weight excluding hydrogens is 414 g/mol. The topological polar surface area (TPSA) is 49.0 Å². The molecule has 0 aromatic heterocycles. The van der Waals surface area contributed by atoms with Crippen LogP contribution in [0.4, 0.5) is 0 Å². The van der Waals surface area contributed by atoms with Crippen molar-refractivity contribution in [2.24, 2.45) is 0 Å². The molecule has 166 valence electrons. The lowest BCUT2D eigenvalue weighted by atomic mass is 10.1. The number of para-hydroxylation sites is 1. The van der Waals surface area contributed by atoms with Crippen LogP contribution in [-0.4, -0.2) is 27.9 Å². The summed E-state index contributed by atoms with van der Waals surface area (Å²) in [6, 6.07) is 22.1. The van der Waals surface area contributed by atoms with Crippen molar-refractivity contribution in [2.45, 2.75) is 19.6 Å². The molecule has 3 aromatic carbocycles. The first-order chi connectivity index (χ1) is 14.7. The third-order valence-corrected chi connectivity index (χ3v) is 4.86. The van der Waals surface area contributed by atoms with Gasteiger partial charge in [-0.2, -0.15) is 0 Å². The first kappa shape index (κ1) is 24.4. The van der Waals surface area contributed by atoms with Crippen molar-refractivity contribution in [1.29, 1.82) is 0 Å². The molecule has 0 amide bonds. The van der Waals surface area contributed by atoms with E-state index in [0.717, 1.165) is 47.1 Å². The normalized spacial score (nSPS) is 10.2. The average molecular weight is 444 g/mol. The van der Waals surface area contributed by atoms with Crippen LogP contribution < -0.4 is 24.3 Å². The second kappa shape index (κ2) is 12.7. The highest BCUT2D eigenvalue weighted by Crippen LogP contribution is 2.32. The molecule has 5 nitrogen and oxygen atoms in total. The number of hydrogen-bond donors (Lipinski definition) is 1. The smallest absolute Gasteiger partial charge is 0.166 e. The van der Waals surface area contributed by atoms with E-state index >= 15 is 0 Å². The number of ether oxygens (including phenoxy) is 4. The summed E-state index contributed by atoms with van der Waals surface area (Å²) >= 11 is 0. The van der Waals surface area contributed by atoms with Gasteiger partial charge in [-0.3, -0.25) is 0 Å². The Morgan fingerprint density at radius 1 is 0.710 bits per heavy atom. The zero-order valence-corrected chi connectivity index (χ0v) is 19.0. The van der Waals surface area contributed by atoms with E-state index in [1.54, 1.807) is 21.3 Å². The quantitative estimate of drug-likeness (QED) is 0.420. The van der Waals surface area contributed by atoms with Crippen LogP contribution in [0, 0.1) is 0 Å². The van der Waals surface area contributed by atoms with Gasteiger partial charge < -0.3 is 24.3 Å². The van der Waals surface area contributed by atoms with Crippen molar-refractivity contribution < 1.29 is 18.9 Å². The fourth-order valence-corrected chi connectivity index (χ4v) is 3.25. The van der Waals surface area contributed by atoms with Crippen LogP contribution >= 0.6 is 12.4 Å². The minimum Gasteiger partial charge on any atom is -0.493 e. The fraction of sp³-hybridized carbons (Fsp3) is 0.280. The van der Waals surface area contributed by atoms with Crippen LogP contribution in [0.3, 0.4) is 0 Å². The molecule has 0 heterocycles. The molecule has 0 unspecified atom stereocenters. The van der Waals surface area contributed by atoms with Gasteiger partial charge in [0.2, 0.25) is 0 Å². The zero-order valence-electron chi connectivity index (χ0n) is 18.2. The molecule has 0 bridgehead atoms. The molecule has 0 atom stereocenters. The third-order valence-electron chi connectivity index (χ3n) is 4.86. The Bertz CT molecular complexity index is 934. The van der Waals surface area contributed by atoms with Crippen molar-refractivity contribution in [2.75, 3.05) is 27.9 Å². The summed E-state index contributed by atoms with van der Waals surface area (Å²) in [5.74, 6) is 3.01. The van der Waals surface area contributed by atoms with Gasteiger partial charge in [0.05, 0.1) is 21.3 Å². The summed E-state index contributed by atoms with van der Waals surface area (Å²) in [5, 5.41) is 3.50. The lowest BCUT2D eigenvalue weighted by molar-refractivity contribution is 0.280. The largest absolute Gasteiger partial charge is 0.493 e. The van der Waals surface area contributed by atoms with Crippen LogP contribution in [0.1, 0.15) is 16.7 Å². The maximum Gasteiger partial charge on any atom is 0.166 e. The lowest BCUT2D eigenvalue weighted by Gasteiger charge is -2.16. The molecule has 0 spiro atoms. The van der Waals surface area contributed by atoms with E-state index in [4.69, 9.17) is 18.9 Å². The second-order valence-electron chi connectivity index (χ2n) is 6.84. The summed E-state index contributed by atoms with van der Waals surface area (Å²) in [6.07, 6.45) is 0.879. The molecule has 0 saturated heterocycles. The van der Waals surface area contributed by atoms with Crippen molar-refractivity contribution in [3.05, 3.63) is 83.4 Å². The Labute approximate surface area is 190 Å². The van der Waals surface area contributed by atoms with E-state index in [-0.39, 0.29) is 12.4 Å². The standard InChI is InChI=1S/C25H29NO4.ClH/c1-27-22-13-12-19(16-24(22)29-3)14-15-26-17-21-10-7-11-23(28-2)25(21)30-18-20-8-5-4-6-9-20;/h4-13,16,26H,14-15,17-18H2,1-3H3;1H. The van der Waals surface area contributed by atoms with Gasteiger partial charge in [-0.25, -0.2) is 0 Å². The van der Waals surface area contributed by atoms with E-state index in [1.165, 1.54) is 5.56 Å². The van der Waals surface area contributed by atoms with Gasteiger partial charge in [-0.15, -0.1) is 12.4 Å². The van der Waals surface area contributed by atoms with E-state index in [9.17, 15) is 0 Å². The molecule has 3 rings (SSSR count). The highest BCUT2D eigenvalue weighted by molar-refractivity contribution is 5.85. The predicted octanol–water partition coefficient (Wildman–Crippen LogP) is 5.05. The van der Waals surface area contributed by atoms with E-state index in [1.807, 2.05) is 42.5 Å². The number of methoxy groups -OCH3 is 3. The van der Waals surface area contributed by atoms with Crippen LogP contribution in [0.15, 0.2) is 66.7 Å². The van der Waals surface area contributed by atoms with Crippen LogP contribution in [0.5, 0.6) is 23.0 Å². The Morgan fingerprint density at radius 2 is 1.45 bits per heavy atom. The van der Waals surface area contributed by atoms with Crippen LogP contribution in [0.25, 0.3) is 0 Å². The number of nitrogens with one attached hydrogen (secondary N) is 1. The Kier molecular flexibility index (Phi) is 10.0. The number of rotatable bonds is 11. The molecular formula is C25H30ClNO4. The van der Waals surface area contributed by atoms with E-state index in [2.05, 4.69) is 29.6 Å². The van der Waals surface area contributed by atoms with Crippen LogP contribution in [-0.2, 0) is 19.6 Å². The first-order valence-electron chi connectivity index (χ1n) is 9.99. The van der Waals surface area contributed by atoms with Crippen molar-refractivity contribution in [3.63, 3.8) is 0 Å². The summed E-state index contributed by atoms with van der Waals surface area (Å²) in [7, 11) is 4.96. The molecule has 3 aromatic rings. The Balaban J connectivity index is 0.00000341. The van der Waals surface area contributed by atoms with Crippen LogP contribution in [0.2, 0.25) is 0 Å². The third kappa shape index (κ3) is 6.81.